The molecule has 2 N–H and O–H groups in total. The second-order valence-electron chi connectivity index (χ2n) is 11.0. The molecule has 0 aromatic rings. The van der Waals surface area contributed by atoms with Crippen molar-refractivity contribution in [2.45, 2.75) is 110 Å². The molecule has 0 aromatic heterocycles. The van der Waals surface area contributed by atoms with E-state index < -0.39 is 29.5 Å². The van der Waals surface area contributed by atoms with Crippen molar-refractivity contribution in [3.63, 3.8) is 0 Å². The van der Waals surface area contributed by atoms with E-state index in [1.165, 1.54) is 0 Å². The fourth-order valence-electron chi connectivity index (χ4n) is 6.47. The first kappa shape index (κ1) is 27.5. The SMILES string of the molecule is CC(C)CCC[C@](C)(C/C=C/C(O)(C(F)(F)F)C(F)(F)F)[C@H]1CCC2[C@@H](O)CCC[C@@]21C. The Morgan fingerprint density at radius 2 is 1.62 bits per heavy atom. The van der Waals surface area contributed by atoms with Crippen molar-refractivity contribution in [2.75, 3.05) is 0 Å². The number of allylic oxidation sites excluding steroid dienone is 1. The Bertz CT molecular complexity index is 642. The Labute approximate surface area is 187 Å². The third kappa shape index (κ3) is 5.31. The zero-order chi connectivity index (χ0) is 24.6. The summed E-state index contributed by atoms with van der Waals surface area (Å²) in [7, 11) is 0. The summed E-state index contributed by atoms with van der Waals surface area (Å²) < 4.78 is 78.5. The van der Waals surface area contributed by atoms with Crippen LogP contribution in [-0.2, 0) is 0 Å². The van der Waals surface area contributed by atoms with Crippen LogP contribution < -0.4 is 0 Å². The molecule has 2 aliphatic rings. The first-order valence-electron chi connectivity index (χ1n) is 11.7. The van der Waals surface area contributed by atoms with Crippen LogP contribution in [-0.4, -0.2) is 34.3 Å². The normalized spacial score (nSPS) is 31.8. The number of alkyl halides is 6. The van der Waals surface area contributed by atoms with E-state index in [-0.39, 0.29) is 29.7 Å². The second-order valence-corrected chi connectivity index (χ2v) is 11.0. The Kier molecular flexibility index (Phi) is 8.14. The average Bonchev–Trinajstić information content (AvgIpc) is 2.98. The van der Waals surface area contributed by atoms with Gasteiger partial charge in [-0.3, -0.25) is 0 Å². The maximum absolute atomic E-state index is 13.1. The number of hydrogen-bond acceptors (Lipinski definition) is 2. The average molecular weight is 473 g/mol. The smallest absolute Gasteiger partial charge is 0.393 e. The lowest BCUT2D eigenvalue weighted by Gasteiger charge is -2.50. The fourth-order valence-corrected chi connectivity index (χ4v) is 6.47. The molecule has 0 bridgehead atoms. The number of hydrogen-bond donors (Lipinski definition) is 2. The van der Waals surface area contributed by atoms with E-state index in [0.29, 0.717) is 12.3 Å². The highest BCUT2D eigenvalue weighted by atomic mass is 19.4. The molecule has 8 heteroatoms. The summed E-state index contributed by atoms with van der Waals surface area (Å²) in [4.78, 5) is 0. The quantitative estimate of drug-likeness (QED) is 0.290. The van der Waals surface area contributed by atoms with Crippen LogP contribution in [0.1, 0.15) is 85.5 Å². The van der Waals surface area contributed by atoms with Crippen molar-refractivity contribution < 1.29 is 36.6 Å². The maximum Gasteiger partial charge on any atom is 0.429 e. The first-order chi connectivity index (χ1) is 14.5. The first-order valence-corrected chi connectivity index (χ1v) is 11.7. The minimum atomic E-state index is -5.85. The predicted molar refractivity (Wildman–Crippen MR) is 112 cm³/mol. The maximum atomic E-state index is 13.1. The van der Waals surface area contributed by atoms with E-state index in [4.69, 9.17) is 0 Å². The van der Waals surface area contributed by atoms with E-state index in [1.54, 1.807) is 0 Å². The van der Waals surface area contributed by atoms with Gasteiger partial charge in [-0.05, 0) is 73.2 Å². The van der Waals surface area contributed by atoms with Crippen molar-refractivity contribution >= 4 is 0 Å². The second kappa shape index (κ2) is 9.47. The number of rotatable bonds is 8. The predicted octanol–water partition coefficient (Wildman–Crippen LogP) is 7.20. The van der Waals surface area contributed by atoms with Crippen molar-refractivity contribution in [1.29, 1.82) is 0 Å². The van der Waals surface area contributed by atoms with Crippen molar-refractivity contribution in [3.05, 3.63) is 12.2 Å². The van der Waals surface area contributed by atoms with Crippen LogP contribution in [0.4, 0.5) is 26.3 Å². The van der Waals surface area contributed by atoms with E-state index >= 15 is 0 Å². The Hall–Kier alpha value is -0.760. The number of aliphatic hydroxyl groups excluding tert-OH is 1. The van der Waals surface area contributed by atoms with Gasteiger partial charge in [-0.15, -0.1) is 0 Å². The Morgan fingerprint density at radius 3 is 2.16 bits per heavy atom. The highest BCUT2D eigenvalue weighted by molar-refractivity contribution is 5.13. The molecule has 0 aromatic carbocycles. The van der Waals surface area contributed by atoms with Gasteiger partial charge in [-0.25, -0.2) is 0 Å². The molecule has 2 nitrogen and oxygen atoms in total. The third-order valence-corrected chi connectivity index (χ3v) is 8.27. The summed E-state index contributed by atoms with van der Waals surface area (Å²) in [6.45, 7) is 8.24. The van der Waals surface area contributed by atoms with E-state index in [2.05, 4.69) is 20.8 Å². The van der Waals surface area contributed by atoms with Gasteiger partial charge in [0.05, 0.1) is 6.10 Å². The lowest BCUT2D eigenvalue weighted by atomic mass is 9.56. The lowest BCUT2D eigenvalue weighted by Crippen LogP contribution is -2.55. The zero-order valence-electron chi connectivity index (χ0n) is 19.5. The van der Waals surface area contributed by atoms with Gasteiger partial charge in [0.1, 0.15) is 0 Å². The van der Waals surface area contributed by atoms with Crippen LogP contribution in [0, 0.1) is 28.6 Å². The molecule has 0 radical (unpaired) electrons. The molecule has 32 heavy (non-hydrogen) atoms. The fraction of sp³-hybridized carbons (Fsp3) is 0.917. The van der Waals surface area contributed by atoms with Crippen LogP contribution in [0.15, 0.2) is 12.2 Å². The van der Waals surface area contributed by atoms with Gasteiger partial charge in [0, 0.05) is 0 Å². The Balaban J connectivity index is 2.33. The van der Waals surface area contributed by atoms with Crippen LogP contribution in [0.5, 0.6) is 0 Å². The largest absolute Gasteiger partial charge is 0.429 e. The molecule has 0 saturated heterocycles. The summed E-state index contributed by atoms with van der Waals surface area (Å²) in [6, 6.07) is 0. The summed E-state index contributed by atoms with van der Waals surface area (Å²) in [5.41, 5.74) is -5.57. The molecule has 1 unspecified atom stereocenters. The van der Waals surface area contributed by atoms with Gasteiger partial charge in [-0.2, -0.15) is 26.3 Å². The Morgan fingerprint density at radius 1 is 1.03 bits per heavy atom. The molecule has 0 aliphatic heterocycles. The molecular formula is C24H38F6O2. The van der Waals surface area contributed by atoms with Crippen molar-refractivity contribution in [1.82, 2.24) is 0 Å². The summed E-state index contributed by atoms with van der Waals surface area (Å²) >= 11 is 0. The summed E-state index contributed by atoms with van der Waals surface area (Å²) in [5.74, 6) is 0.632. The number of aliphatic hydroxyl groups is 2. The minimum absolute atomic E-state index is 0.0165. The van der Waals surface area contributed by atoms with Crippen molar-refractivity contribution in [2.24, 2.45) is 28.6 Å². The summed E-state index contributed by atoms with van der Waals surface area (Å²) in [6.07, 6.45) is -4.79. The molecule has 188 valence electrons. The molecule has 5 atom stereocenters. The van der Waals surface area contributed by atoms with E-state index in [9.17, 15) is 36.6 Å². The van der Waals surface area contributed by atoms with E-state index in [1.807, 2.05) is 6.92 Å². The highest BCUT2D eigenvalue weighted by Crippen LogP contribution is 2.62. The zero-order valence-corrected chi connectivity index (χ0v) is 19.5. The third-order valence-electron chi connectivity index (χ3n) is 8.27. The molecule has 0 spiro atoms. The molecule has 0 heterocycles. The summed E-state index contributed by atoms with van der Waals surface area (Å²) in [5, 5.41) is 20.0. The van der Waals surface area contributed by atoms with Crippen molar-refractivity contribution in [3.8, 4) is 0 Å². The van der Waals surface area contributed by atoms with Crippen LogP contribution in [0.25, 0.3) is 0 Å². The van der Waals surface area contributed by atoms with Gasteiger partial charge >= 0.3 is 12.4 Å². The lowest BCUT2D eigenvalue weighted by molar-refractivity contribution is -0.347. The van der Waals surface area contributed by atoms with Crippen LogP contribution in [0.3, 0.4) is 0 Å². The number of halogens is 6. The van der Waals surface area contributed by atoms with Gasteiger partial charge in [0.25, 0.3) is 5.60 Å². The van der Waals surface area contributed by atoms with Crippen LogP contribution >= 0.6 is 0 Å². The van der Waals surface area contributed by atoms with E-state index in [0.717, 1.165) is 51.0 Å². The van der Waals surface area contributed by atoms with Gasteiger partial charge in [-0.1, -0.05) is 53.0 Å². The standard InChI is InChI=1S/C24H38F6O2/c1-16(2)8-5-12-20(3,13-7-15-22(32,23(25,26)27)24(28,29)30)19-11-10-17-18(31)9-6-14-21(17,19)4/h7,15-19,31-32H,5-6,8-14H2,1-4H3/b15-7+/t17?,18-,19+,20+,21-/m0/s1. The molecule has 2 fully saturated rings. The number of fused-ring (bicyclic) bond motifs is 1. The van der Waals surface area contributed by atoms with Gasteiger partial charge < -0.3 is 10.2 Å². The topological polar surface area (TPSA) is 40.5 Å². The molecule has 2 rings (SSSR count). The molecule has 2 saturated carbocycles. The van der Waals surface area contributed by atoms with Crippen LogP contribution in [0.2, 0.25) is 0 Å². The molecule has 2 aliphatic carbocycles. The molecule has 0 amide bonds. The van der Waals surface area contributed by atoms with Gasteiger partial charge in [0.2, 0.25) is 0 Å². The molecular weight excluding hydrogens is 434 g/mol. The highest BCUT2D eigenvalue weighted by Gasteiger charge is 2.69. The minimum Gasteiger partial charge on any atom is -0.393 e. The monoisotopic (exact) mass is 472 g/mol. The van der Waals surface area contributed by atoms with Gasteiger partial charge in [0.15, 0.2) is 0 Å².